The molecule has 0 aliphatic heterocycles. The van der Waals surface area contributed by atoms with Crippen LogP contribution in [0.15, 0.2) is 0 Å². The third-order valence-electron chi connectivity index (χ3n) is 2.44. The van der Waals surface area contributed by atoms with E-state index in [9.17, 15) is 0 Å². The highest BCUT2D eigenvalue weighted by Gasteiger charge is 2.34. The van der Waals surface area contributed by atoms with Crippen LogP contribution in [0.25, 0.3) is 0 Å². The standard InChI is InChI=1S/C8H17BrP.BrH/c1-10(2,9)8-6-4-3-5-7-8;/h8H,3-7H2,1-2H3;1H/q+1;/p-1. The molecule has 0 heterocycles. The Morgan fingerprint density at radius 1 is 1.09 bits per heavy atom. The molecule has 0 atom stereocenters. The second-order valence-electron chi connectivity index (χ2n) is 3.69. The van der Waals surface area contributed by atoms with Gasteiger partial charge in [0.2, 0.25) is 0 Å². The predicted molar refractivity (Wildman–Crippen MR) is 54.6 cm³/mol. The summed E-state index contributed by atoms with van der Waals surface area (Å²) in [6, 6.07) is 0. The molecule has 11 heavy (non-hydrogen) atoms. The molecule has 3 heteroatoms. The van der Waals surface area contributed by atoms with Gasteiger partial charge in [0.25, 0.3) is 0 Å². The van der Waals surface area contributed by atoms with Crippen molar-refractivity contribution in [1.82, 2.24) is 0 Å². The van der Waals surface area contributed by atoms with Crippen molar-refractivity contribution in [2.75, 3.05) is 13.3 Å². The largest absolute Gasteiger partial charge is 1.00 e. The molecule has 0 saturated heterocycles. The first-order chi connectivity index (χ1) is 4.61. The van der Waals surface area contributed by atoms with Crippen LogP contribution < -0.4 is 17.0 Å². The van der Waals surface area contributed by atoms with Crippen LogP contribution in [-0.4, -0.2) is 19.0 Å². The Bertz CT molecular complexity index is 103. The lowest BCUT2D eigenvalue weighted by Crippen LogP contribution is -3.00. The SMILES string of the molecule is C[P+](C)(Br)C1CCCCC1.[Br-]. The summed E-state index contributed by atoms with van der Waals surface area (Å²) in [4.78, 5) is 0. The summed E-state index contributed by atoms with van der Waals surface area (Å²) in [6.45, 7) is 4.81. The molecule has 0 aromatic rings. The fourth-order valence-corrected chi connectivity index (χ4v) is 4.52. The minimum absolute atomic E-state index is 0. The summed E-state index contributed by atoms with van der Waals surface area (Å²) in [5.41, 5.74) is 1.03. The molecule has 0 N–H and O–H groups in total. The molecule has 0 unspecified atom stereocenters. The highest BCUT2D eigenvalue weighted by atomic mass is 79.9. The van der Waals surface area contributed by atoms with E-state index in [0.717, 1.165) is 5.66 Å². The fraction of sp³-hybridized carbons (Fsp3) is 1.00. The summed E-state index contributed by atoms with van der Waals surface area (Å²) in [5, 5.41) is 0. The van der Waals surface area contributed by atoms with Crippen molar-refractivity contribution >= 4 is 21.5 Å². The molecule has 0 bridgehead atoms. The second kappa shape index (κ2) is 5.19. The van der Waals surface area contributed by atoms with Crippen molar-refractivity contribution < 1.29 is 17.0 Å². The molecule has 0 aromatic heterocycles. The minimum atomic E-state index is -0.679. The van der Waals surface area contributed by atoms with Crippen molar-refractivity contribution in [3.05, 3.63) is 0 Å². The monoisotopic (exact) mass is 302 g/mol. The van der Waals surface area contributed by atoms with Gasteiger partial charge in [0.05, 0.1) is 25.0 Å². The van der Waals surface area contributed by atoms with Crippen LogP contribution in [0, 0.1) is 0 Å². The van der Waals surface area contributed by atoms with Gasteiger partial charge < -0.3 is 17.0 Å². The molecular weight excluding hydrogens is 287 g/mol. The quantitative estimate of drug-likeness (QED) is 0.632. The van der Waals surface area contributed by atoms with Crippen molar-refractivity contribution in [3.63, 3.8) is 0 Å². The molecule has 0 nitrogen and oxygen atoms in total. The first-order valence-electron chi connectivity index (χ1n) is 4.14. The summed E-state index contributed by atoms with van der Waals surface area (Å²) in [7, 11) is 0. The van der Waals surface area contributed by atoms with Crippen molar-refractivity contribution in [1.29, 1.82) is 0 Å². The van der Waals surface area contributed by atoms with E-state index in [1.54, 1.807) is 0 Å². The Morgan fingerprint density at radius 3 is 1.82 bits per heavy atom. The van der Waals surface area contributed by atoms with E-state index < -0.39 is 5.96 Å². The van der Waals surface area contributed by atoms with Crippen LogP contribution in [0.4, 0.5) is 0 Å². The summed E-state index contributed by atoms with van der Waals surface area (Å²) < 4.78 is 0. The Balaban J connectivity index is 0.000001000. The number of hydrogen-bond acceptors (Lipinski definition) is 0. The molecule has 1 aliphatic rings. The van der Waals surface area contributed by atoms with Crippen molar-refractivity contribution in [2.24, 2.45) is 0 Å². The van der Waals surface area contributed by atoms with Crippen LogP contribution in [0.1, 0.15) is 32.1 Å². The summed E-state index contributed by atoms with van der Waals surface area (Å²) in [6.07, 6.45) is 7.38. The van der Waals surface area contributed by atoms with Gasteiger partial charge in [0, 0.05) is 0 Å². The smallest absolute Gasteiger partial charge is 0.138 e. The zero-order valence-electron chi connectivity index (χ0n) is 7.32. The average Bonchev–Trinajstić information content (AvgIpc) is 1.88. The average molecular weight is 304 g/mol. The lowest BCUT2D eigenvalue weighted by atomic mass is 10.0. The maximum absolute atomic E-state index is 3.85. The third-order valence-corrected chi connectivity index (χ3v) is 6.43. The number of hydrogen-bond donors (Lipinski definition) is 0. The van der Waals surface area contributed by atoms with Gasteiger partial charge >= 0.3 is 0 Å². The van der Waals surface area contributed by atoms with Gasteiger partial charge in [0.1, 0.15) is 15.5 Å². The Labute approximate surface area is 89.4 Å². The second-order valence-corrected chi connectivity index (χ2v) is 12.7. The third kappa shape index (κ3) is 4.24. The van der Waals surface area contributed by atoms with Crippen molar-refractivity contribution in [3.8, 4) is 0 Å². The Hall–Kier alpha value is 1.39. The maximum Gasteiger partial charge on any atom is 0.138 e. The van der Waals surface area contributed by atoms with E-state index in [1.165, 1.54) is 32.1 Å². The van der Waals surface area contributed by atoms with Crippen LogP contribution in [0.5, 0.6) is 0 Å². The van der Waals surface area contributed by atoms with E-state index in [1.807, 2.05) is 0 Å². The van der Waals surface area contributed by atoms with Gasteiger partial charge in [-0.05, 0) is 25.7 Å². The Kier molecular flexibility index (Phi) is 5.85. The molecule has 0 aromatic carbocycles. The topological polar surface area (TPSA) is 0 Å². The van der Waals surface area contributed by atoms with Crippen LogP contribution >= 0.6 is 21.5 Å². The first kappa shape index (κ1) is 12.4. The van der Waals surface area contributed by atoms with Gasteiger partial charge in [-0.3, -0.25) is 0 Å². The lowest BCUT2D eigenvalue weighted by Gasteiger charge is -2.25. The van der Waals surface area contributed by atoms with E-state index in [0.29, 0.717) is 0 Å². The highest BCUT2D eigenvalue weighted by molar-refractivity contribution is 9.42. The molecule has 1 saturated carbocycles. The van der Waals surface area contributed by atoms with E-state index in [4.69, 9.17) is 0 Å². The van der Waals surface area contributed by atoms with E-state index >= 15 is 0 Å². The summed E-state index contributed by atoms with van der Waals surface area (Å²) >= 11 is 3.85. The van der Waals surface area contributed by atoms with Crippen LogP contribution in [-0.2, 0) is 0 Å². The van der Waals surface area contributed by atoms with Gasteiger partial charge in [-0.25, -0.2) is 0 Å². The predicted octanol–water partition coefficient (Wildman–Crippen LogP) is 0.910. The van der Waals surface area contributed by atoms with E-state index in [2.05, 4.69) is 28.8 Å². The van der Waals surface area contributed by atoms with Crippen LogP contribution in [0.3, 0.4) is 0 Å². The molecule has 0 spiro atoms. The maximum atomic E-state index is 3.85. The highest BCUT2D eigenvalue weighted by Crippen LogP contribution is 2.66. The van der Waals surface area contributed by atoms with Crippen LogP contribution in [0.2, 0.25) is 0 Å². The molecular formula is C8H17Br2P. The fourth-order valence-electron chi connectivity index (χ4n) is 1.70. The minimum Gasteiger partial charge on any atom is -1.00 e. The number of rotatable bonds is 1. The zero-order valence-corrected chi connectivity index (χ0v) is 11.4. The van der Waals surface area contributed by atoms with Gasteiger partial charge in [0.15, 0.2) is 0 Å². The molecule has 0 amide bonds. The van der Waals surface area contributed by atoms with Gasteiger partial charge in [-0.2, -0.15) is 0 Å². The normalized spacial score (nSPS) is 21.0. The van der Waals surface area contributed by atoms with Gasteiger partial charge in [-0.15, -0.1) is 0 Å². The molecule has 0 radical (unpaired) electrons. The van der Waals surface area contributed by atoms with Crippen molar-refractivity contribution in [2.45, 2.75) is 37.8 Å². The first-order valence-corrected chi connectivity index (χ1v) is 8.91. The number of halogens is 2. The zero-order chi connectivity index (χ0) is 7.61. The molecule has 68 valence electrons. The molecule has 1 fully saturated rings. The lowest BCUT2D eigenvalue weighted by molar-refractivity contribution is -0.00000216. The Morgan fingerprint density at radius 2 is 1.55 bits per heavy atom. The van der Waals surface area contributed by atoms with Gasteiger partial charge in [-0.1, -0.05) is 6.42 Å². The molecule has 1 rings (SSSR count). The van der Waals surface area contributed by atoms with E-state index in [-0.39, 0.29) is 17.0 Å². The summed E-state index contributed by atoms with van der Waals surface area (Å²) in [5.74, 6) is -0.679. The molecule has 1 aliphatic carbocycles.